The first-order chi connectivity index (χ1) is 15.0. The molecule has 1 fully saturated rings. The van der Waals surface area contributed by atoms with Gasteiger partial charge in [-0.3, -0.25) is 4.79 Å². The Labute approximate surface area is 179 Å². The van der Waals surface area contributed by atoms with Crippen LogP contribution in [0.3, 0.4) is 0 Å². The Morgan fingerprint density at radius 3 is 2.32 bits per heavy atom. The predicted molar refractivity (Wildman–Crippen MR) is 117 cm³/mol. The number of anilines is 4. The van der Waals surface area contributed by atoms with Crippen LogP contribution in [-0.2, 0) is 0 Å². The van der Waals surface area contributed by atoms with Crippen molar-refractivity contribution >= 4 is 29.0 Å². The van der Waals surface area contributed by atoms with E-state index in [0.717, 1.165) is 42.4 Å². The van der Waals surface area contributed by atoms with Gasteiger partial charge in [0, 0.05) is 41.8 Å². The van der Waals surface area contributed by atoms with Crippen LogP contribution in [0.5, 0.6) is 0 Å². The fourth-order valence-corrected chi connectivity index (χ4v) is 3.50. The molecule has 2 aromatic carbocycles. The maximum atomic E-state index is 13.3. The Morgan fingerprint density at radius 1 is 0.903 bits per heavy atom. The summed E-state index contributed by atoms with van der Waals surface area (Å²) in [7, 11) is 0. The summed E-state index contributed by atoms with van der Waals surface area (Å²) in [5.74, 6) is -1.14. The van der Waals surface area contributed by atoms with Crippen LogP contribution in [0, 0.1) is 18.6 Å². The largest absolute Gasteiger partial charge is 0.356 e. The predicted octanol–water partition coefficient (Wildman–Crippen LogP) is 5.05. The molecule has 2 N–H and O–H groups in total. The molecule has 0 spiro atoms. The number of carbonyl (C=O) groups excluding carboxylic acids is 1. The lowest BCUT2D eigenvalue weighted by atomic mass is 10.1. The molecule has 6 nitrogen and oxygen atoms in total. The van der Waals surface area contributed by atoms with Crippen molar-refractivity contribution in [1.29, 1.82) is 0 Å². The van der Waals surface area contributed by atoms with E-state index in [9.17, 15) is 13.6 Å². The number of nitrogens with zero attached hydrogens (tertiary/aromatic N) is 3. The minimum atomic E-state index is -1.06. The zero-order valence-electron chi connectivity index (χ0n) is 17.2. The van der Waals surface area contributed by atoms with E-state index < -0.39 is 17.5 Å². The van der Waals surface area contributed by atoms with Gasteiger partial charge in [0.15, 0.2) is 11.6 Å². The number of piperidine rings is 1. The summed E-state index contributed by atoms with van der Waals surface area (Å²) in [4.78, 5) is 23.6. The minimum Gasteiger partial charge on any atom is -0.356 e. The second-order valence-electron chi connectivity index (χ2n) is 7.52. The fraction of sp³-hybridized carbons (Fsp3) is 0.261. The van der Waals surface area contributed by atoms with E-state index in [2.05, 4.69) is 25.5 Å². The molecule has 1 aromatic heterocycles. The Bertz CT molecular complexity index is 1080. The second kappa shape index (κ2) is 9.07. The van der Waals surface area contributed by atoms with Crippen molar-refractivity contribution in [2.45, 2.75) is 26.2 Å². The lowest BCUT2D eigenvalue weighted by Crippen LogP contribution is -2.30. The molecule has 2 heterocycles. The second-order valence-corrected chi connectivity index (χ2v) is 7.52. The zero-order chi connectivity index (χ0) is 21.8. The average Bonchev–Trinajstić information content (AvgIpc) is 2.77. The number of aromatic nitrogens is 2. The van der Waals surface area contributed by atoms with Gasteiger partial charge in [-0.15, -0.1) is 0 Å². The number of nitrogens with one attached hydrogen (secondary N) is 2. The maximum Gasteiger partial charge on any atom is 0.255 e. The van der Waals surface area contributed by atoms with Crippen molar-refractivity contribution in [1.82, 2.24) is 9.97 Å². The van der Waals surface area contributed by atoms with E-state index in [4.69, 9.17) is 0 Å². The highest BCUT2D eigenvalue weighted by Gasteiger charge is 2.14. The molecule has 1 aliphatic heterocycles. The van der Waals surface area contributed by atoms with Crippen molar-refractivity contribution in [2.24, 2.45) is 0 Å². The molecular formula is C23H23F2N5O. The van der Waals surface area contributed by atoms with Gasteiger partial charge in [-0.25, -0.2) is 13.8 Å². The van der Waals surface area contributed by atoms with Gasteiger partial charge < -0.3 is 15.5 Å². The zero-order valence-corrected chi connectivity index (χ0v) is 17.2. The quantitative estimate of drug-likeness (QED) is 0.601. The molecule has 31 heavy (non-hydrogen) atoms. The number of hydrogen-bond donors (Lipinski definition) is 2. The average molecular weight is 423 g/mol. The van der Waals surface area contributed by atoms with Crippen LogP contribution in [0.25, 0.3) is 0 Å². The molecular weight excluding hydrogens is 400 g/mol. The maximum absolute atomic E-state index is 13.3. The highest BCUT2D eigenvalue weighted by atomic mass is 19.2. The summed E-state index contributed by atoms with van der Waals surface area (Å²) in [6, 6.07) is 12.0. The van der Waals surface area contributed by atoms with E-state index in [1.165, 1.54) is 25.3 Å². The number of halogens is 2. The van der Waals surface area contributed by atoms with Gasteiger partial charge >= 0.3 is 0 Å². The third kappa shape index (κ3) is 5.14. The van der Waals surface area contributed by atoms with Gasteiger partial charge in [-0.2, -0.15) is 4.98 Å². The Morgan fingerprint density at radius 2 is 1.61 bits per heavy atom. The number of amides is 1. The van der Waals surface area contributed by atoms with Crippen LogP contribution < -0.4 is 15.5 Å². The van der Waals surface area contributed by atoms with Crippen LogP contribution >= 0.6 is 0 Å². The molecule has 160 valence electrons. The lowest BCUT2D eigenvalue weighted by molar-refractivity contribution is 0.102. The summed E-state index contributed by atoms with van der Waals surface area (Å²) < 4.78 is 26.4. The molecule has 1 saturated heterocycles. The summed E-state index contributed by atoms with van der Waals surface area (Å²) in [6.07, 6.45) is 3.60. The van der Waals surface area contributed by atoms with E-state index in [0.29, 0.717) is 11.6 Å². The SMILES string of the molecule is Cc1cc(N2CCCCC2)nc(Nc2ccc(NC(=O)c3ccc(F)c(F)c3)cc2)n1. The first-order valence-electron chi connectivity index (χ1n) is 10.2. The number of hydrogen-bond acceptors (Lipinski definition) is 5. The molecule has 0 saturated carbocycles. The van der Waals surface area contributed by atoms with E-state index in [1.807, 2.05) is 13.0 Å². The van der Waals surface area contributed by atoms with Crippen molar-refractivity contribution < 1.29 is 13.6 Å². The fourth-order valence-electron chi connectivity index (χ4n) is 3.50. The van der Waals surface area contributed by atoms with Crippen LogP contribution in [0.1, 0.15) is 35.3 Å². The summed E-state index contributed by atoms with van der Waals surface area (Å²) in [5.41, 5.74) is 2.22. The monoisotopic (exact) mass is 423 g/mol. The van der Waals surface area contributed by atoms with E-state index in [1.54, 1.807) is 24.3 Å². The van der Waals surface area contributed by atoms with Gasteiger partial charge in [0.05, 0.1) is 0 Å². The molecule has 0 atom stereocenters. The topological polar surface area (TPSA) is 70.2 Å². The molecule has 0 bridgehead atoms. The van der Waals surface area contributed by atoms with Gasteiger partial charge in [0.25, 0.3) is 5.91 Å². The number of rotatable bonds is 5. The Hall–Kier alpha value is -3.55. The van der Waals surface area contributed by atoms with Crippen LogP contribution in [0.15, 0.2) is 48.5 Å². The van der Waals surface area contributed by atoms with Crippen LogP contribution in [0.2, 0.25) is 0 Å². The molecule has 4 rings (SSSR count). The molecule has 1 amide bonds. The first-order valence-corrected chi connectivity index (χ1v) is 10.2. The summed E-state index contributed by atoms with van der Waals surface area (Å²) in [6.45, 7) is 3.95. The van der Waals surface area contributed by atoms with Crippen molar-refractivity contribution in [3.05, 3.63) is 71.4 Å². The number of benzene rings is 2. The number of carbonyl (C=O) groups is 1. The first kappa shape index (κ1) is 20.7. The van der Waals surface area contributed by atoms with Crippen molar-refractivity contribution in [3.63, 3.8) is 0 Å². The van der Waals surface area contributed by atoms with Crippen LogP contribution in [0.4, 0.5) is 31.9 Å². The van der Waals surface area contributed by atoms with Crippen LogP contribution in [-0.4, -0.2) is 29.0 Å². The third-order valence-corrected chi connectivity index (χ3v) is 5.10. The van der Waals surface area contributed by atoms with E-state index >= 15 is 0 Å². The van der Waals surface area contributed by atoms with Crippen molar-refractivity contribution in [3.8, 4) is 0 Å². The third-order valence-electron chi connectivity index (χ3n) is 5.10. The van der Waals surface area contributed by atoms with Gasteiger partial charge in [-0.05, 0) is 68.7 Å². The normalized spacial score (nSPS) is 13.7. The summed E-state index contributed by atoms with van der Waals surface area (Å²) in [5, 5.41) is 5.86. The van der Waals surface area contributed by atoms with Crippen molar-refractivity contribution in [2.75, 3.05) is 28.6 Å². The lowest BCUT2D eigenvalue weighted by Gasteiger charge is -2.28. The number of aryl methyl sites for hydroxylation is 1. The molecule has 8 heteroatoms. The van der Waals surface area contributed by atoms with E-state index in [-0.39, 0.29) is 5.56 Å². The molecule has 0 aliphatic carbocycles. The minimum absolute atomic E-state index is 0.0412. The molecule has 3 aromatic rings. The molecule has 1 aliphatic rings. The summed E-state index contributed by atoms with van der Waals surface area (Å²) >= 11 is 0. The Kier molecular flexibility index (Phi) is 6.06. The van der Waals surface area contributed by atoms with Gasteiger partial charge in [0.2, 0.25) is 5.95 Å². The standard InChI is InChI=1S/C23H23F2N5O/c1-15-13-21(30-11-3-2-4-12-30)29-23(26-15)28-18-8-6-17(7-9-18)27-22(31)16-5-10-19(24)20(25)14-16/h5-10,13-14H,2-4,11-12H2,1H3,(H,27,31)(H,26,28,29). The Balaban J connectivity index is 1.43. The highest BCUT2D eigenvalue weighted by molar-refractivity contribution is 6.04. The molecule has 0 radical (unpaired) electrons. The smallest absolute Gasteiger partial charge is 0.255 e. The van der Waals surface area contributed by atoms with Gasteiger partial charge in [0.1, 0.15) is 5.82 Å². The molecule has 0 unspecified atom stereocenters. The highest BCUT2D eigenvalue weighted by Crippen LogP contribution is 2.22. The van der Waals surface area contributed by atoms with Gasteiger partial charge in [-0.1, -0.05) is 0 Å².